The second kappa shape index (κ2) is 3.55. The maximum atomic E-state index is 5.77. The van der Waals surface area contributed by atoms with Crippen molar-refractivity contribution in [3.8, 4) is 17.1 Å². The van der Waals surface area contributed by atoms with Crippen LogP contribution in [0.25, 0.3) is 22.3 Å². The number of H-pyrrole nitrogens is 2. The van der Waals surface area contributed by atoms with Gasteiger partial charge in [-0.05, 0) is 12.1 Å². The minimum atomic E-state index is 0.482. The predicted octanol–water partition coefficient (Wildman–Crippen LogP) is 2.15. The molecule has 1 aromatic carbocycles. The number of methoxy groups -OCH3 is 1. The van der Waals surface area contributed by atoms with Crippen molar-refractivity contribution in [1.82, 2.24) is 15.0 Å². The molecule has 0 aliphatic rings. The molecule has 0 saturated carbocycles. The maximum Gasteiger partial charge on any atom is 0.151 e. The Balaban J connectivity index is 2.24. The number of nitrogens with zero attached hydrogens (tertiary/aromatic N) is 1. The zero-order valence-corrected chi connectivity index (χ0v) is 9.32. The Labute approximate surface area is 97.6 Å². The highest BCUT2D eigenvalue weighted by Gasteiger charge is 2.10. The van der Waals surface area contributed by atoms with Crippen molar-refractivity contribution >= 4 is 16.7 Å². The van der Waals surface area contributed by atoms with Crippen molar-refractivity contribution in [2.45, 2.75) is 0 Å². The number of aromatic nitrogens is 3. The van der Waals surface area contributed by atoms with E-state index in [2.05, 4.69) is 15.0 Å². The van der Waals surface area contributed by atoms with Crippen LogP contribution < -0.4 is 10.5 Å². The second-order valence-electron chi connectivity index (χ2n) is 3.77. The third-order valence-electron chi connectivity index (χ3n) is 2.78. The van der Waals surface area contributed by atoms with Gasteiger partial charge in [0.25, 0.3) is 0 Å². The first-order valence-electron chi connectivity index (χ1n) is 5.24. The summed E-state index contributed by atoms with van der Waals surface area (Å²) in [7, 11) is 1.65. The number of aromatic amines is 2. The number of rotatable bonds is 2. The molecule has 5 heteroatoms. The summed E-state index contributed by atoms with van der Waals surface area (Å²) in [4.78, 5) is 10.3. The van der Waals surface area contributed by atoms with E-state index in [4.69, 9.17) is 10.5 Å². The zero-order valence-electron chi connectivity index (χ0n) is 9.32. The number of para-hydroxylation sites is 1. The summed E-state index contributed by atoms with van der Waals surface area (Å²) in [5.41, 5.74) is 8.43. The van der Waals surface area contributed by atoms with Gasteiger partial charge in [-0.1, -0.05) is 12.1 Å². The quantitative estimate of drug-likeness (QED) is 0.628. The molecule has 0 amide bonds. The Hall–Kier alpha value is -2.43. The van der Waals surface area contributed by atoms with Gasteiger partial charge >= 0.3 is 0 Å². The first-order chi connectivity index (χ1) is 8.29. The third kappa shape index (κ3) is 1.44. The summed E-state index contributed by atoms with van der Waals surface area (Å²) >= 11 is 0. The van der Waals surface area contributed by atoms with E-state index < -0.39 is 0 Å². The Morgan fingerprint density at radius 1 is 1.35 bits per heavy atom. The van der Waals surface area contributed by atoms with Crippen LogP contribution in [0.1, 0.15) is 0 Å². The third-order valence-corrected chi connectivity index (χ3v) is 2.78. The standard InChI is InChI=1S/C12H12N4O/c1-17-9-4-2-3-7-5-8(16-10(7)9)11-12(13)15-6-14-11/h2-6,16H,13H2,1H3,(H,14,15). The zero-order chi connectivity index (χ0) is 11.8. The molecular formula is C12H12N4O. The van der Waals surface area contributed by atoms with Gasteiger partial charge < -0.3 is 20.4 Å². The molecule has 5 nitrogen and oxygen atoms in total. The van der Waals surface area contributed by atoms with Gasteiger partial charge in [0, 0.05) is 5.39 Å². The Kier molecular flexibility index (Phi) is 2.04. The summed E-state index contributed by atoms with van der Waals surface area (Å²) < 4.78 is 5.30. The molecule has 0 atom stereocenters. The van der Waals surface area contributed by atoms with Gasteiger partial charge in [0.1, 0.15) is 11.4 Å². The van der Waals surface area contributed by atoms with E-state index in [1.165, 1.54) is 0 Å². The highest BCUT2D eigenvalue weighted by molar-refractivity contribution is 5.90. The highest BCUT2D eigenvalue weighted by Crippen LogP contribution is 2.30. The van der Waals surface area contributed by atoms with Crippen LogP contribution in [-0.2, 0) is 0 Å². The molecule has 0 radical (unpaired) electrons. The lowest BCUT2D eigenvalue weighted by atomic mass is 10.2. The number of nitrogens with one attached hydrogen (secondary N) is 2. The van der Waals surface area contributed by atoms with Crippen LogP contribution in [-0.4, -0.2) is 22.1 Å². The summed E-state index contributed by atoms with van der Waals surface area (Å²) in [5, 5.41) is 1.08. The Bertz CT molecular complexity index is 668. The summed E-state index contributed by atoms with van der Waals surface area (Å²) in [6, 6.07) is 7.90. The first kappa shape index (κ1) is 9.77. The molecule has 0 fully saturated rings. The number of nitrogens with two attached hydrogens (primary N) is 1. The van der Waals surface area contributed by atoms with E-state index in [0.717, 1.165) is 28.0 Å². The fourth-order valence-electron chi connectivity index (χ4n) is 1.95. The Morgan fingerprint density at radius 2 is 2.24 bits per heavy atom. The average Bonchev–Trinajstić information content (AvgIpc) is 2.93. The number of imidazole rings is 1. The van der Waals surface area contributed by atoms with E-state index in [9.17, 15) is 0 Å². The van der Waals surface area contributed by atoms with Crippen LogP contribution in [0.3, 0.4) is 0 Å². The molecule has 2 heterocycles. The SMILES string of the molecule is COc1cccc2cc(-c3[nH]cnc3N)[nH]c12. The highest BCUT2D eigenvalue weighted by atomic mass is 16.5. The normalized spacial score (nSPS) is 10.9. The van der Waals surface area contributed by atoms with Crippen LogP contribution in [0.2, 0.25) is 0 Å². The number of anilines is 1. The Morgan fingerprint density at radius 3 is 2.94 bits per heavy atom. The fourth-order valence-corrected chi connectivity index (χ4v) is 1.95. The lowest BCUT2D eigenvalue weighted by molar-refractivity contribution is 0.419. The topological polar surface area (TPSA) is 79.7 Å². The largest absolute Gasteiger partial charge is 0.495 e. The van der Waals surface area contributed by atoms with Gasteiger partial charge in [-0.3, -0.25) is 0 Å². The number of fused-ring (bicyclic) bond motifs is 1. The van der Waals surface area contributed by atoms with Gasteiger partial charge in [-0.15, -0.1) is 0 Å². The van der Waals surface area contributed by atoms with Crippen LogP contribution in [0, 0.1) is 0 Å². The minimum absolute atomic E-state index is 0.482. The molecular weight excluding hydrogens is 216 g/mol. The second-order valence-corrected chi connectivity index (χ2v) is 3.77. The fraction of sp³-hybridized carbons (Fsp3) is 0.0833. The predicted molar refractivity (Wildman–Crippen MR) is 66.8 cm³/mol. The lowest BCUT2D eigenvalue weighted by Gasteiger charge is -1.99. The van der Waals surface area contributed by atoms with Crippen molar-refractivity contribution in [3.63, 3.8) is 0 Å². The summed E-state index contributed by atoms with van der Waals surface area (Å²) in [6.45, 7) is 0. The van der Waals surface area contributed by atoms with Crippen molar-refractivity contribution in [1.29, 1.82) is 0 Å². The maximum absolute atomic E-state index is 5.77. The smallest absolute Gasteiger partial charge is 0.151 e. The van der Waals surface area contributed by atoms with Gasteiger partial charge in [0.2, 0.25) is 0 Å². The summed E-state index contributed by atoms with van der Waals surface area (Å²) in [5.74, 6) is 1.29. The number of nitrogen functional groups attached to an aromatic ring is 1. The minimum Gasteiger partial charge on any atom is -0.495 e. The van der Waals surface area contributed by atoms with Crippen LogP contribution in [0.15, 0.2) is 30.6 Å². The molecule has 0 saturated heterocycles. The van der Waals surface area contributed by atoms with E-state index in [-0.39, 0.29) is 0 Å². The van der Waals surface area contributed by atoms with E-state index in [1.807, 2.05) is 24.3 Å². The van der Waals surface area contributed by atoms with E-state index in [0.29, 0.717) is 5.82 Å². The van der Waals surface area contributed by atoms with Gasteiger partial charge in [-0.2, -0.15) is 0 Å². The monoisotopic (exact) mass is 228 g/mol. The molecule has 0 aliphatic heterocycles. The first-order valence-corrected chi connectivity index (χ1v) is 5.24. The molecule has 3 rings (SSSR count). The molecule has 17 heavy (non-hydrogen) atoms. The lowest BCUT2D eigenvalue weighted by Crippen LogP contribution is -1.88. The van der Waals surface area contributed by atoms with Crippen molar-refractivity contribution in [2.75, 3.05) is 12.8 Å². The molecule has 0 bridgehead atoms. The van der Waals surface area contributed by atoms with Crippen LogP contribution in [0.4, 0.5) is 5.82 Å². The van der Waals surface area contributed by atoms with E-state index in [1.54, 1.807) is 13.4 Å². The van der Waals surface area contributed by atoms with Crippen molar-refractivity contribution in [2.24, 2.45) is 0 Å². The molecule has 4 N–H and O–H groups in total. The number of ether oxygens (including phenoxy) is 1. The van der Waals surface area contributed by atoms with Gasteiger partial charge in [0.05, 0.1) is 24.6 Å². The molecule has 0 spiro atoms. The molecule has 86 valence electrons. The summed E-state index contributed by atoms with van der Waals surface area (Å²) in [6.07, 6.45) is 1.58. The van der Waals surface area contributed by atoms with Crippen LogP contribution >= 0.6 is 0 Å². The molecule has 3 aromatic rings. The van der Waals surface area contributed by atoms with E-state index >= 15 is 0 Å². The van der Waals surface area contributed by atoms with Crippen molar-refractivity contribution < 1.29 is 4.74 Å². The number of benzene rings is 1. The number of hydrogen-bond acceptors (Lipinski definition) is 3. The van der Waals surface area contributed by atoms with Crippen molar-refractivity contribution in [3.05, 3.63) is 30.6 Å². The van der Waals surface area contributed by atoms with Crippen LogP contribution in [0.5, 0.6) is 5.75 Å². The average molecular weight is 228 g/mol. The molecule has 0 aliphatic carbocycles. The van der Waals surface area contributed by atoms with Gasteiger partial charge in [-0.25, -0.2) is 4.98 Å². The molecule has 2 aromatic heterocycles. The molecule has 0 unspecified atom stereocenters. The number of hydrogen-bond donors (Lipinski definition) is 3. The van der Waals surface area contributed by atoms with Gasteiger partial charge in [0.15, 0.2) is 5.82 Å².